The van der Waals surface area contributed by atoms with Crippen molar-refractivity contribution >= 4 is 17.6 Å². The molecule has 0 bridgehead atoms. The molecule has 236 valence electrons. The van der Waals surface area contributed by atoms with E-state index in [9.17, 15) is 39.5 Å². The number of ether oxygens (including phenoxy) is 1. The molecule has 4 rings (SSSR count). The van der Waals surface area contributed by atoms with Crippen LogP contribution in [0, 0.1) is 11.7 Å². The van der Waals surface area contributed by atoms with Crippen LogP contribution in [0.15, 0.2) is 72.8 Å². The Labute approximate surface area is 256 Å². The quantitative estimate of drug-likeness (QED) is 0.1000. The Morgan fingerprint density at radius 2 is 1.50 bits per heavy atom. The van der Waals surface area contributed by atoms with Crippen molar-refractivity contribution in [2.24, 2.45) is 5.92 Å². The molecule has 1 aliphatic heterocycles. The first-order valence-electron chi connectivity index (χ1n) is 14.8. The summed E-state index contributed by atoms with van der Waals surface area (Å²) in [5.74, 6) is -1.39. The van der Waals surface area contributed by atoms with Gasteiger partial charge >= 0.3 is 5.97 Å². The highest BCUT2D eigenvalue weighted by Gasteiger charge is 2.48. The van der Waals surface area contributed by atoms with Crippen LogP contribution < -0.4 is 4.90 Å². The molecule has 1 fully saturated rings. The topological polar surface area (TPSA) is 148 Å². The number of aliphatic hydroxyl groups excluding tert-OH is 3. The highest BCUT2D eigenvalue weighted by Crippen LogP contribution is 2.46. The number of nitrogens with zero attached hydrogens (tertiary/aromatic N) is 1. The predicted octanol–water partition coefficient (Wildman–Crippen LogP) is 3.51. The molecule has 10 heteroatoms. The molecule has 1 heterocycles. The summed E-state index contributed by atoms with van der Waals surface area (Å²) in [6.07, 6.45) is 0.00282. The normalized spacial score (nSPS) is 17.5. The fourth-order valence-electron chi connectivity index (χ4n) is 5.59. The third kappa shape index (κ3) is 8.28. The zero-order valence-electron chi connectivity index (χ0n) is 24.7. The SMILES string of the molecule is CC(=O)O[C@@H](CCC1C(=O)N(c2ccc(CCC(O)O)cc2)C1c1ccc(CCC(O)(CO)CO)cc1)c1ccc(F)cc1. The highest BCUT2D eigenvalue weighted by atomic mass is 19.1. The summed E-state index contributed by atoms with van der Waals surface area (Å²) in [6.45, 7) is 0.214. The van der Waals surface area contributed by atoms with E-state index >= 15 is 0 Å². The molecule has 0 radical (unpaired) electrons. The smallest absolute Gasteiger partial charge is 0.303 e. The van der Waals surface area contributed by atoms with Gasteiger partial charge < -0.3 is 35.2 Å². The van der Waals surface area contributed by atoms with Crippen molar-refractivity contribution in [3.63, 3.8) is 0 Å². The minimum atomic E-state index is -1.56. The highest BCUT2D eigenvalue weighted by molar-refractivity contribution is 6.03. The molecule has 0 saturated carbocycles. The van der Waals surface area contributed by atoms with E-state index < -0.39 is 48.9 Å². The van der Waals surface area contributed by atoms with Crippen LogP contribution in [0.2, 0.25) is 0 Å². The number of halogens is 1. The van der Waals surface area contributed by atoms with Crippen molar-refractivity contribution in [3.05, 3.63) is 101 Å². The molecule has 3 atom stereocenters. The summed E-state index contributed by atoms with van der Waals surface area (Å²) in [5.41, 5.74) is 2.45. The monoisotopic (exact) mass is 609 g/mol. The molecule has 1 amide bonds. The summed E-state index contributed by atoms with van der Waals surface area (Å²) < 4.78 is 19.1. The average Bonchev–Trinajstić information content (AvgIpc) is 3.02. The van der Waals surface area contributed by atoms with Crippen LogP contribution in [-0.2, 0) is 27.2 Å². The van der Waals surface area contributed by atoms with Crippen LogP contribution in [0.3, 0.4) is 0 Å². The fraction of sp³-hybridized carbons (Fsp3) is 0.412. The first-order valence-corrected chi connectivity index (χ1v) is 14.8. The molecule has 1 aliphatic rings. The summed E-state index contributed by atoms with van der Waals surface area (Å²) in [4.78, 5) is 27.2. The number of rotatable bonds is 15. The molecule has 1 saturated heterocycles. The molecular weight excluding hydrogens is 569 g/mol. The van der Waals surface area contributed by atoms with Gasteiger partial charge in [-0.05, 0) is 78.6 Å². The lowest BCUT2D eigenvalue weighted by molar-refractivity contribution is -0.147. The fourth-order valence-corrected chi connectivity index (χ4v) is 5.59. The second-order valence-electron chi connectivity index (χ2n) is 11.5. The Balaban J connectivity index is 1.56. The standard InChI is InChI=1S/C34H40FNO8/c1-22(39)44-30(25-9-11-27(35)12-10-25)16-15-29-32(26-7-2-24(3-8-26)18-19-34(43,20-37)21-38)36(33(29)42)28-13-4-23(5-14-28)6-17-31(40)41/h2-5,7-14,29-32,37-38,40-41,43H,6,15-21H2,1H3/t29?,30-,32?/m0/s1. The molecule has 0 aliphatic carbocycles. The van der Waals surface area contributed by atoms with Crippen molar-refractivity contribution in [3.8, 4) is 0 Å². The Morgan fingerprint density at radius 3 is 2.07 bits per heavy atom. The van der Waals surface area contributed by atoms with Crippen LogP contribution in [-0.4, -0.2) is 62.5 Å². The van der Waals surface area contributed by atoms with Gasteiger partial charge in [-0.3, -0.25) is 9.59 Å². The van der Waals surface area contributed by atoms with Gasteiger partial charge in [0, 0.05) is 19.0 Å². The predicted molar refractivity (Wildman–Crippen MR) is 161 cm³/mol. The van der Waals surface area contributed by atoms with Gasteiger partial charge in [0.1, 0.15) is 17.5 Å². The Kier molecular flexibility index (Phi) is 11.2. The van der Waals surface area contributed by atoms with E-state index in [1.54, 1.807) is 17.0 Å². The van der Waals surface area contributed by atoms with Crippen molar-refractivity contribution in [1.82, 2.24) is 0 Å². The lowest BCUT2D eigenvalue weighted by Crippen LogP contribution is -2.55. The molecule has 3 aromatic carbocycles. The van der Waals surface area contributed by atoms with E-state index in [4.69, 9.17) is 4.74 Å². The first kappa shape index (κ1) is 33.2. The average molecular weight is 610 g/mol. The zero-order valence-corrected chi connectivity index (χ0v) is 24.7. The minimum Gasteiger partial charge on any atom is -0.458 e. The number of anilines is 1. The van der Waals surface area contributed by atoms with Gasteiger partial charge in [0.15, 0.2) is 6.29 Å². The van der Waals surface area contributed by atoms with Gasteiger partial charge in [-0.25, -0.2) is 4.39 Å². The summed E-state index contributed by atoms with van der Waals surface area (Å²) in [7, 11) is 0. The molecule has 0 spiro atoms. The van der Waals surface area contributed by atoms with Gasteiger partial charge in [0.25, 0.3) is 0 Å². The van der Waals surface area contributed by atoms with Crippen molar-refractivity contribution < 1.29 is 44.2 Å². The number of carbonyl (C=O) groups excluding carboxylic acids is 2. The van der Waals surface area contributed by atoms with E-state index in [-0.39, 0.29) is 24.8 Å². The number of carbonyl (C=O) groups is 2. The van der Waals surface area contributed by atoms with Gasteiger partial charge in [-0.1, -0.05) is 48.5 Å². The largest absolute Gasteiger partial charge is 0.458 e. The first-order chi connectivity index (χ1) is 21.0. The zero-order chi connectivity index (χ0) is 31.9. The van der Waals surface area contributed by atoms with Gasteiger partial charge in [-0.2, -0.15) is 0 Å². The second-order valence-corrected chi connectivity index (χ2v) is 11.5. The molecule has 9 nitrogen and oxygen atoms in total. The van der Waals surface area contributed by atoms with Crippen LogP contribution in [0.1, 0.15) is 67.0 Å². The number of aliphatic hydroxyl groups is 5. The number of esters is 1. The summed E-state index contributed by atoms with van der Waals surface area (Å²) in [6, 6.07) is 20.4. The number of hydrogen-bond donors (Lipinski definition) is 5. The van der Waals surface area contributed by atoms with Crippen LogP contribution >= 0.6 is 0 Å². The maximum absolute atomic E-state index is 13.6. The molecule has 3 aromatic rings. The third-order valence-electron chi connectivity index (χ3n) is 8.20. The molecule has 44 heavy (non-hydrogen) atoms. The maximum atomic E-state index is 13.6. The second kappa shape index (κ2) is 14.9. The van der Waals surface area contributed by atoms with E-state index in [1.165, 1.54) is 19.1 Å². The molecule has 5 N–H and O–H groups in total. The van der Waals surface area contributed by atoms with Gasteiger partial charge in [-0.15, -0.1) is 0 Å². The number of amides is 1. The van der Waals surface area contributed by atoms with Crippen LogP contribution in [0.25, 0.3) is 0 Å². The Morgan fingerprint density at radius 1 is 0.909 bits per heavy atom. The van der Waals surface area contributed by atoms with E-state index in [1.807, 2.05) is 48.5 Å². The maximum Gasteiger partial charge on any atom is 0.303 e. The summed E-state index contributed by atoms with van der Waals surface area (Å²) >= 11 is 0. The van der Waals surface area contributed by atoms with Crippen LogP contribution in [0.4, 0.5) is 10.1 Å². The van der Waals surface area contributed by atoms with E-state index in [2.05, 4.69) is 0 Å². The van der Waals surface area contributed by atoms with E-state index in [0.29, 0.717) is 36.9 Å². The number of benzene rings is 3. The van der Waals surface area contributed by atoms with E-state index in [0.717, 1.165) is 16.7 Å². The van der Waals surface area contributed by atoms with Gasteiger partial charge in [0.2, 0.25) is 5.91 Å². The molecular formula is C34H40FNO8. The third-order valence-corrected chi connectivity index (χ3v) is 8.20. The summed E-state index contributed by atoms with van der Waals surface area (Å²) in [5, 5.41) is 47.4. The number of β-lactam (4-membered cyclic amide) rings is 1. The Hall–Kier alpha value is -3.67. The van der Waals surface area contributed by atoms with Crippen LogP contribution in [0.5, 0.6) is 0 Å². The van der Waals surface area contributed by atoms with Gasteiger partial charge in [0.05, 0.1) is 25.2 Å². The number of aryl methyl sites for hydroxylation is 2. The van der Waals surface area contributed by atoms with Crippen molar-refractivity contribution in [2.75, 3.05) is 18.1 Å². The molecule has 2 unspecified atom stereocenters. The van der Waals surface area contributed by atoms with Crippen molar-refractivity contribution in [1.29, 1.82) is 0 Å². The molecule has 0 aromatic heterocycles. The number of hydrogen-bond acceptors (Lipinski definition) is 8. The van der Waals surface area contributed by atoms with Crippen molar-refractivity contribution in [2.45, 2.75) is 69.5 Å². The minimum absolute atomic E-state index is 0.0887. The lowest BCUT2D eigenvalue weighted by Gasteiger charge is -2.48. The lowest BCUT2D eigenvalue weighted by atomic mass is 9.78. The Bertz CT molecular complexity index is 1370.